The quantitative estimate of drug-likeness (QED) is 0.817. The number of likely N-dealkylation sites (N-methyl/N-ethyl adjacent to an activating group) is 1. The first-order valence-electron chi connectivity index (χ1n) is 6.70. The Bertz CT molecular complexity index is 610. The number of carbonyl (C=O) groups excluding carboxylic acids is 1. The van der Waals surface area contributed by atoms with Crippen molar-refractivity contribution in [2.24, 2.45) is 0 Å². The van der Waals surface area contributed by atoms with Crippen molar-refractivity contribution in [3.8, 4) is 5.75 Å². The summed E-state index contributed by atoms with van der Waals surface area (Å²) >= 11 is 0. The van der Waals surface area contributed by atoms with Gasteiger partial charge in [0.15, 0.2) is 5.78 Å². The van der Waals surface area contributed by atoms with Crippen molar-refractivity contribution in [2.75, 3.05) is 25.6 Å². The second-order valence-corrected chi connectivity index (χ2v) is 4.86. The number of benzene rings is 2. The number of ketones is 1. The summed E-state index contributed by atoms with van der Waals surface area (Å²) in [7, 11) is 3.44. The van der Waals surface area contributed by atoms with Crippen LogP contribution in [-0.4, -0.2) is 26.5 Å². The van der Waals surface area contributed by atoms with Crippen molar-refractivity contribution in [3.05, 3.63) is 59.9 Å². The summed E-state index contributed by atoms with van der Waals surface area (Å²) in [5.74, 6) is 0.404. The van der Waals surface area contributed by atoms with Gasteiger partial charge < -0.3 is 9.64 Å². The van der Waals surface area contributed by atoms with Crippen LogP contribution in [0.15, 0.2) is 48.5 Å². The van der Waals surface area contributed by atoms with E-state index in [4.69, 9.17) is 4.74 Å². The standard InChI is InChI=1S/C17H18FNO2/c1-19(14-7-9-16(21-2)10-8-14)12-15(20)11-13-5-3-4-6-17(13)18/h3-10H,11-12H2,1-2H3. The smallest absolute Gasteiger partial charge is 0.156 e. The number of hydrogen-bond donors (Lipinski definition) is 0. The molecule has 0 aromatic heterocycles. The molecule has 0 amide bonds. The SMILES string of the molecule is COc1ccc(N(C)CC(=O)Cc2ccccc2F)cc1. The van der Waals surface area contributed by atoms with E-state index < -0.39 is 0 Å². The van der Waals surface area contributed by atoms with Crippen molar-refractivity contribution in [2.45, 2.75) is 6.42 Å². The van der Waals surface area contributed by atoms with Crippen LogP contribution in [0.4, 0.5) is 10.1 Å². The van der Waals surface area contributed by atoms with Crippen LogP contribution >= 0.6 is 0 Å². The average molecular weight is 287 g/mol. The molecule has 0 heterocycles. The fourth-order valence-electron chi connectivity index (χ4n) is 2.10. The Labute approximate surface area is 124 Å². The zero-order valence-electron chi connectivity index (χ0n) is 12.2. The summed E-state index contributed by atoms with van der Waals surface area (Å²) in [6.45, 7) is 0.237. The second kappa shape index (κ2) is 6.88. The number of anilines is 1. The van der Waals surface area contributed by atoms with Crippen LogP contribution in [0.3, 0.4) is 0 Å². The second-order valence-electron chi connectivity index (χ2n) is 4.86. The Balaban J connectivity index is 1.97. The van der Waals surface area contributed by atoms with E-state index >= 15 is 0 Å². The van der Waals surface area contributed by atoms with Gasteiger partial charge in [0.05, 0.1) is 13.7 Å². The lowest BCUT2D eigenvalue weighted by Gasteiger charge is -2.18. The molecular formula is C17H18FNO2. The summed E-state index contributed by atoms with van der Waals surface area (Å²) in [5.41, 5.74) is 1.35. The van der Waals surface area contributed by atoms with Gasteiger partial charge in [0.2, 0.25) is 0 Å². The molecule has 0 aliphatic rings. The van der Waals surface area contributed by atoms with E-state index in [2.05, 4.69) is 0 Å². The minimum atomic E-state index is -0.335. The van der Waals surface area contributed by atoms with Gasteiger partial charge >= 0.3 is 0 Å². The molecule has 21 heavy (non-hydrogen) atoms. The Morgan fingerprint density at radius 2 is 1.81 bits per heavy atom. The fourth-order valence-corrected chi connectivity index (χ4v) is 2.10. The molecule has 2 rings (SSSR count). The van der Waals surface area contributed by atoms with E-state index in [0.29, 0.717) is 5.56 Å². The predicted octanol–water partition coefficient (Wildman–Crippen LogP) is 3.08. The third kappa shape index (κ3) is 4.05. The van der Waals surface area contributed by atoms with Crippen LogP contribution < -0.4 is 9.64 Å². The van der Waals surface area contributed by atoms with Crippen molar-refractivity contribution < 1.29 is 13.9 Å². The Hall–Kier alpha value is -2.36. The molecule has 0 spiro atoms. The zero-order chi connectivity index (χ0) is 15.2. The maximum absolute atomic E-state index is 13.5. The summed E-state index contributed by atoms with van der Waals surface area (Å²) < 4.78 is 18.6. The van der Waals surface area contributed by atoms with E-state index in [1.165, 1.54) is 6.07 Å². The normalized spacial score (nSPS) is 10.2. The summed E-state index contributed by atoms with van der Waals surface area (Å²) in [6, 6.07) is 13.8. The molecule has 0 radical (unpaired) electrons. The number of Topliss-reactive ketones (excluding diaryl/α,β-unsaturated/α-hetero) is 1. The Morgan fingerprint density at radius 1 is 1.14 bits per heavy atom. The van der Waals surface area contributed by atoms with Gasteiger partial charge in [-0.1, -0.05) is 18.2 Å². The van der Waals surface area contributed by atoms with Crippen molar-refractivity contribution in [1.29, 1.82) is 0 Å². The molecule has 0 N–H and O–H groups in total. The lowest BCUT2D eigenvalue weighted by atomic mass is 10.1. The number of carbonyl (C=O) groups is 1. The monoisotopic (exact) mass is 287 g/mol. The molecular weight excluding hydrogens is 269 g/mol. The van der Waals surface area contributed by atoms with Gasteiger partial charge in [-0.3, -0.25) is 4.79 Å². The molecule has 0 saturated heterocycles. The number of rotatable bonds is 6. The first-order valence-corrected chi connectivity index (χ1v) is 6.70. The van der Waals surface area contributed by atoms with E-state index in [-0.39, 0.29) is 24.6 Å². The van der Waals surface area contributed by atoms with Crippen molar-refractivity contribution in [3.63, 3.8) is 0 Å². The van der Waals surface area contributed by atoms with Gasteiger partial charge in [-0.05, 0) is 35.9 Å². The lowest BCUT2D eigenvalue weighted by molar-refractivity contribution is -0.117. The molecule has 0 aliphatic carbocycles. The molecule has 0 bridgehead atoms. The first-order chi connectivity index (χ1) is 10.1. The molecule has 0 fully saturated rings. The lowest BCUT2D eigenvalue weighted by Crippen LogP contribution is -2.26. The number of nitrogens with zero attached hydrogens (tertiary/aromatic N) is 1. The topological polar surface area (TPSA) is 29.5 Å². The predicted molar refractivity (Wildman–Crippen MR) is 81.4 cm³/mol. The number of methoxy groups -OCH3 is 1. The highest BCUT2D eigenvalue weighted by Gasteiger charge is 2.11. The largest absolute Gasteiger partial charge is 0.497 e. The Kier molecular flexibility index (Phi) is 4.93. The fraction of sp³-hybridized carbons (Fsp3) is 0.235. The van der Waals surface area contributed by atoms with Crippen LogP contribution in [0.5, 0.6) is 5.75 Å². The maximum atomic E-state index is 13.5. The maximum Gasteiger partial charge on any atom is 0.156 e. The van der Waals surface area contributed by atoms with Gasteiger partial charge in [0.1, 0.15) is 11.6 Å². The van der Waals surface area contributed by atoms with Gasteiger partial charge in [0.25, 0.3) is 0 Å². The summed E-state index contributed by atoms with van der Waals surface area (Å²) in [6.07, 6.45) is 0.104. The van der Waals surface area contributed by atoms with Crippen LogP contribution in [0.1, 0.15) is 5.56 Å². The number of hydrogen-bond acceptors (Lipinski definition) is 3. The van der Waals surface area contributed by atoms with Crippen molar-refractivity contribution >= 4 is 11.5 Å². The molecule has 0 unspecified atom stereocenters. The molecule has 0 saturated carbocycles. The van der Waals surface area contributed by atoms with Gasteiger partial charge in [-0.2, -0.15) is 0 Å². The molecule has 3 nitrogen and oxygen atoms in total. The van der Waals surface area contributed by atoms with E-state index in [9.17, 15) is 9.18 Å². The van der Waals surface area contributed by atoms with Crippen LogP contribution in [0.25, 0.3) is 0 Å². The minimum absolute atomic E-state index is 0.0292. The van der Waals surface area contributed by atoms with E-state index in [1.54, 1.807) is 25.3 Å². The van der Waals surface area contributed by atoms with Crippen LogP contribution in [0, 0.1) is 5.82 Å². The van der Waals surface area contributed by atoms with E-state index in [1.807, 2.05) is 36.2 Å². The van der Waals surface area contributed by atoms with E-state index in [0.717, 1.165) is 11.4 Å². The minimum Gasteiger partial charge on any atom is -0.497 e. The van der Waals surface area contributed by atoms with Gasteiger partial charge in [-0.25, -0.2) is 4.39 Å². The van der Waals surface area contributed by atoms with Crippen LogP contribution in [-0.2, 0) is 11.2 Å². The molecule has 0 atom stereocenters. The van der Waals surface area contributed by atoms with Gasteiger partial charge in [-0.15, -0.1) is 0 Å². The average Bonchev–Trinajstić information content (AvgIpc) is 2.49. The third-order valence-electron chi connectivity index (χ3n) is 3.27. The molecule has 0 aliphatic heterocycles. The summed E-state index contributed by atoms with van der Waals surface area (Å²) in [5, 5.41) is 0. The summed E-state index contributed by atoms with van der Waals surface area (Å²) in [4.78, 5) is 13.9. The molecule has 110 valence electrons. The molecule has 2 aromatic rings. The molecule has 4 heteroatoms. The zero-order valence-corrected chi connectivity index (χ0v) is 12.2. The van der Waals surface area contributed by atoms with Gasteiger partial charge in [0, 0.05) is 19.2 Å². The van der Waals surface area contributed by atoms with Crippen molar-refractivity contribution in [1.82, 2.24) is 0 Å². The number of ether oxygens (including phenoxy) is 1. The van der Waals surface area contributed by atoms with Crippen LogP contribution in [0.2, 0.25) is 0 Å². The highest BCUT2D eigenvalue weighted by Crippen LogP contribution is 2.18. The Morgan fingerprint density at radius 3 is 2.43 bits per heavy atom. The highest BCUT2D eigenvalue weighted by atomic mass is 19.1. The first kappa shape index (κ1) is 15.0. The third-order valence-corrected chi connectivity index (χ3v) is 3.27. The number of halogens is 1. The highest BCUT2D eigenvalue weighted by molar-refractivity contribution is 5.85. The molecule has 2 aromatic carbocycles.